The number of allylic oxidation sites excluding steroid dienone is 2. The molecule has 0 bridgehead atoms. The van der Waals surface area contributed by atoms with Gasteiger partial charge in [0, 0.05) is 13.1 Å². The maximum absolute atomic E-state index is 12.6. The topological polar surface area (TPSA) is 91.4 Å². The van der Waals surface area contributed by atoms with E-state index < -0.39 is 17.4 Å². The van der Waals surface area contributed by atoms with Gasteiger partial charge < -0.3 is 20.5 Å². The minimum atomic E-state index is -0.814. The zero-order valence-electron chi connectivity index (χ0n) is 15.7. The number of nitrogens with zero attached hydrogens (tertiary/aromatic N) is 3. The molecule has 3 N–H and O–H groups in total. The molecule has 1 spiro atoms. The standard InChI is InChI=1S/C18H30N4O3/c1-6-14(12-20-13(2)19)21-11-9-18(15(21)23)8-7-10-22(18)16(24)25-17(3,4)5/h6,12,15,23H,2,7-11,19H2,1,3-5H3/b14-6+,20-12?/t15-,18?/m0/s1. The van der Waals surface area contributed by atoms with Gasteiger partial charge in [-0.3, -0.25) is 4.90 Å². The van der Waals surface area contributed by atoms with Crippen molar-refractivity contribution >= 4 is 12.3 Å². The molecule has 0 aromatic rings. The van der Waals surface area contributed by atoms with Gasteiger partial charge in [-0.1, -0.05) is 12.7 Å². The van der Waals surface area contributed by atoms with Gasteiger partial charge >= 0.3 is 6.09 Å². The Labute approximate surface area is 149 Å². The summed E-state index contributed by atoms with van der Waals surface area (Å²) >= 11 is 0. The van der Waals surface area contributed by atoms with E-state index in [1.54, 1.807) is 11.1 Å². The van der Waals surface area contributed by atoms with Crippen LogP contribution in [0.4, 0.5) is 4.79 Å². The fourth-order valence-corrected chi connectivity index (χ4v) is 3.61. The number of ether oxygens (including phenoxy) is 1. The molecule has 2 saturated heterocycles. The number of hydrogen-bond donors (Lipinski definition) is 2. The van der Waals surface area contributed by atoms with Crippen molar-refractivity contribution in [1.82, 2.24) is 9.80 Å². The summed E-state index contributed by atoms with van der Waals surface area (Å²) in [4.78, 5) is 20.2. The molecule has 2 atom stereocenters. The molecule has 25 heavy (non-hydrogen) atoms. The summed E-state index contributed by atoms with van der Waals surface area (Å²) in [6.45, 7) is 12.2. The number of carbonyl (C=O) groups is 1. The highest BCUT2D eigenvalue weighted by molar-refractivity contribution is 5.78. The van der Waals surface area contributed by atoms with Gasteiger partial charge in [-0.25, -0.2) is 9.79 Å². The normalized spacial score (nSPS) is 27.6. The van der Waals surface area contributed by atoms with E-state index in [9.17, 15) is 9.90 Å². The number of likely N-dealkylation sites (tertiary alicyclic amines) is 2. The second kappa shape index (κ2) is 7.07. The molecular weight excluding hydrogens is 320 g/mol. The van der Waals surface area contributed by atoms with E-state index >= 15 is 0 Å². The maximum Gasteiger partial charge on any atom is 0.410 e. The summed E-state index contributed by atoms with van der Waals surface area (Å²) in [6.07, 6.45) is 4.56. The van der Waals surface area contributed by atoms with Crippen molar-refractivity contribution in [1.29, 1.82) is 0 Å². The van der Waals surface area contributed by atoms with Crippen LogP contribution in [0.15, 0.2) is 29.2 Å². The van der Waals surface area contributed by atoms with E-state index in [0.29, 0.717) is 19.5 Å². The van der Waals surface area contributed by atoms with Crippen LogP contribution < -0.4 is 5.73 Å². The molecule has 1 unspecified atom stereocenters. The van der Waals surface area contributed by atoms with Gasteiger partial charge in [0.1, 0.15) is 11.4 Å². The lowest BCUT2D eigenvalue weighted by atomic mass is 9.93. The van der Waals surface area contributed by atoms with Crippen LogP contribution in [-0.4, -0.2) is 57.7 Å². The van der Waals surface area contributed by atoms with E-state index in [4.69, 9.17) is 10.5 Å². The van der Waals surface area contributed by atoms with E-state index in [-0.39, 0.29) is 11.9 Å². The predicted molar refractivity (Wildman–Crippen MR) is 97.8 cm³/mol. The number of nitrogens with two attached hydrogens (primary N) is 1. The van der Waals surface area contributed by atoms with E-state index in [0.717, 1.165) is 18.5 Å². The fraction of sp³-hybridized carbons (Fsp3) is 0.667. The Morgan fingerprint density at radius 2 is 2.08 bits per heavy atom. The van der Waals surface area contributed by atoms with Crippen LogP contribution in [-0.2, 0) is 4.74 Å². The first kappa shape index (κ1) is 19.3. The van der Waals surface area contributed by atoms with Crippen molar-refractivity contribution in [2.24, 2.45) is 10.7 Å². The molecule has 0 radical (unpaired) electrons. The number of aliphatic imine (C=N–C) groups is 1. The molecule has 2 rings (SSSR count). The van der Waals surface area contributed by atoms with Crippen molar-refractivity contribution in [3.63, 3.8) is 0 Å². The van der Waals surface area contributed by atoms with Crippen molar-refractivity contribution in [2.45, 2.75) is 64.3 Å². The number of carbonyl (C=O) groups excluding carboxylic acids is 1. The van der Waals surface area contributed by atoms with Gasteiger partial charge in [0.15, 0.2) is 6.23 Å². The van der Waals surface area contributed by atoms with Gasteiger partial charge in [0.05, 0.1) is 17.5 Å². The van der Waals surface area contributed by atoms with Crippen LogP contribution in [0.5, 0.6) is 0 Å². The minimum Gasteiger partial charge on any atom is -0.444 e. The number of aliphatic hydroxyl groups excluding tert-OH is 1. The average Bonchev–Trinajstić information content (AvgIpc) is 3.05. The molecule has 0 aliphatic carbocycles. The molecule has 7 heteroatoms. The molecule has 2 aliphatic rings. The third-order valence-electron chi connectivity index (χ3n) is 4.69. The third-order valence-corrected chi connectivity index (χ3v) is 4.69. The van der Waals surface area contributed by atoms with Crippen molar-refractivity contribution < 1.29 is 14.6 Å². The van der Waals surface area contributed by atoms with Gasteiger partial charge in [-0.05, 0) is 47.0 Å². The van der Waals surface area contributed by atoms with Crippen LogP contribution in [0, 0.1) is 0 Å². The first-order chi connectivity index (χ1) is 11.6. The van der Waals surface area contributed by atoms with Gasteiger partial charge in [0.2, 0.25) is 0 Å². The second-order valence-corrected chi connectivity index (χ2v) is 7.62. The largest absolute Gasteiger partial charge is 0.444 e. The van der Waals surface area contributed by atoms with Crippen LogP contribution >= 0.6 is 0 Å². The highest BCUT2D eigenvalue weighted by Crippen LogP contribution is 2.43. The summed E-state index contributed by atoms with van der Waals surface area (Å²) in [5, 5.41) is 11.0. The lowest BCUT2D eigenvalue weighted by Crippen LogP contribution is -2.56. The Hall–Kier alpha value is -2.02. The molecule has 0 aromatic heterocycles. The zero-order chi connectivity index (χ0) is 18.8. The average molecular weight is 350 g/mol. The van der Waals surface area contributed by atoms with Crippen LogP contribution in [0.1, 0.15) is 47.0 Å². The Morgan fingerprint density at radius 3 is 2.64 bits per heavy atom. The molecule has 2 aliphatic heterocycles. The number of hydrogen-bond acceptors (Lipinski definition) is 6. The lowest BCUT2D eigenvalue weighted by molar-refractivity contribution is -0.0514. The van der Waals surface area contributed by atoms with E-state index in [1.807, 2.05) is 38.7 Å². The molecule has 0 saturated carbocycles. The lowest BCUT2D eigenvalue weighted by Gasteiger charge is -2.39. The molecule has 1 amide bonds. The zero-order valence-corrected chi connectivity index (χ0v) is 15.7. The summed E-state index contributed by atoms with van der Waals surface area (Å²) < 4.78 is 5.55. The van der Waals surface area contributed by atoms with Crippen molar-refractivity contribution in [3.05, 3.63) is 24.2 Å². The maximum atomic E-state index is 12.6. The van der Waals surface area contributed by atoms with E-state index in [1.165, 1.54) is 0 Å². The van der Waals surface area contributed by atoms with Gasteiger partial charge in [-0.2, -0.15) is 0 Å². The van der Waals surface area contributed by atoms with Crippen molar-refractivity contribution in [3.8, 4) is 0 Å². The Balaban J connectivity index is 2.21. The first-order valence-electron chi connectivity index (χ1n) is 8.71. The van der Waals surface area contributed by atoms with Gasteiger partial charge in [-0.15, -0.1) is 0 Å². The monoisotopic (exact) mass is 350 g/mol. The van der Waals surface area contributed by atoms with Gasteiger partial charge in [0.25, 0.3) is 0 Å². The minimum absolute atomic E-state index is 0.207. The molecule has 140 valence electrons. The Bertz CT molecular complexity index is 594. The second-order valence-electron chi connectivity index (χ2n) is 7.62. The molecule has 2 heterocycles. The highest BCUT2D eigenvalue weighted by atomic mass is 16.6. The van der Waals surface area contributed by atoms with Crippen LogP contribution in [0.2, 0.25) is 0 Å². The predicted octanol–water partition coefficient (Wildman–Crippen LogP) is 2.18. The quantitative estimate of drug-likeness (QED) is 0.761. The number of rotatable bonds is 3. The summed E-state index contributed by atoms with van der Waals surface area (Å²) in [7, 11) is 0. The molecular formula is C18H30N4O3. The third kappa shape index (κ3) is 3.98. The molecule has 2 fully saturated rings. The summed E-state index contributed by atoms with van der Waals surface area (Å²) in [6, 6.07) is 0. The first-order valence-corrected chi connectivity index (χ1v) is 8.71. The summed E-state index contributed by atoms with van der Waals surface area (Å²) in [5.74, 6) is 0.207. The molecule has 0 aromatic carbocycles. The van der Waals surface area contributed by atoms with Crippen LogP contribution in [0.3, 0.4) is 0 Å². The Morgan fingerprint density at radius 1 is 1.40 bits per heavy atom. The molecule has 7 nitrogen and oxygen atoms in total. The smallest absolute Gasteiger partial charge is 0.410 e. The Kier molecular flexibility index (Phi) is 5.46. The van der Waals surface area contributed by atoms with E-state index in [2.05, 4.69) is 11.6 Å². The number of amides is 1. The van der Waals surface area contributed by atoms with Crippen molar-refractivity contribution in [2.75, 3.05) is 13.1 Å². The highest BCUT2D eigenvalue weighted by Gasteiger charge is 2.55. The number of aliphatic hydroxyl groups is 1. The fourth-order valence-electron chi connectivity index (χ4n) is 3.61. The van der Waals surface area contributed by atoms with Crippen LogP contribution in [0.25, 0.3) is 0 Å². The SMILES string of the molecule is C=C(N)N=C/C(=C\C)N1CCC2(CCCN2C(=O)OC(C)(C)C)[C@@H]1O. The summed E-state index contributed by atoms with van der Waals surface area (Å²) in [5.41, 5.74) is 5.07.